The molecule has 26 heavy (non-hydrogen) atoms. The number of hydrogen-bond donors (Lipinski definition) is 2. The summed E-state index contributed by atoms with van der Waals surface area (Å²) >= 11 is 0. The molecule has 0 saturated carbocycles. The minimum Gasteiger partial charge on any atom is -0.497 e. The Morgan fingerprint density at radius 2 is 1.50 bits per heavy atom. The van der Waals surface area contributed by atoms with Crippen molar-refractivity contribution in [2.24, 2.45) is 0 Å². The molecule has 0 atom stereocenters. The molecule has 0 amide bonds. The number of anilines is 1. The number of benzene rings is 2. The minimum atomic E-state index is -4.00. The second kappa shape index (κ2) is 8.23. The van der Waals surface area contributed by atoms with E-state index in [-0.39, 0.29) is 6.16 Å². The van der Waals surface area contributed by atoms with Crippen LogP contribution in [0.15, 0.2) is 48.5 Å². The Hall–Kier alpha value is -1.85. The van der Waals surface area contributed by atoms with E-state index >= 15 is 0 Å². The summed E-state index contributed by atoms with van der Waals surface area (Å²) in [5.41, 5.74) is 3.05. The van der Waals surface area contributed by atoms with Gasteiger partial charge in [0.2, 0.25) is 0 Å². The number of piperazine rings is 1. The van der Waals surface area contributed by atoms with Gasteiger partial charge < -0.3 is 19.4 Å². The van der Waals surface area contributed by atoms with Crippen LogP contribution < -0.4 is 9.64 Å². The molecule has 1 aliphatic heterocycles. The third-order valence-electron chi connectivity index (χ3n) is 4.63. The molecule has 0 spiro atoms. The fourth-order valence-corrected chi connectivity index (χ4v) is 3.89. The molecular weight excluding hydrogens is 351 g/mol. The van der Waals surface area contributed by atoms with Gasteiger partial charge in [-0.15, -0.1) is 0 Å². The molecule has 2 aromatic rings. The van der Waals surface area contributed by atoms with Crippen LogP contribution in [-0.4, -0.2) is 48.0 Å². The van der Waals surface area contributed by atoms with E-state index in [0.717, 1.165) is 44.0 Å². The van der Waals surface area contributed by atoms with Gasteiger partial charge in [-0.25, -0.2) is 0 Å². The van der Waals surface area contributed by atoms with E-state index < -0.39 is 7.60 Å². The molecule has 1 aliphatic rings. The summed E-state index contributed by atoms with van der Waals surface area (Å²) in [7, 11) is -2.33. The molecule has 1 fully saturated rings. The van der Waals surface area contributed by atoms with E-state index in [9.17, 15) is 4.57 Å². The first-order valence-electron chi connectivity index (χ1n) is 8.67. The maximum atomic E-state index is 11.1. The van der Waals surface area contributed by atoms with Crippen LogP contribution in [0.4, 0.5) is 5.69 Å². The second-order valence-corrected chi connectivity index (χ2v) is 8.25. The van der Waals surface area contributed by atoms with E-state index in [4.69, 9.17) is 14.5 Å². The smallest absolute Gasteiger partial charge is 0.329 e. The molecule has 3 rings (SSSR count). The highest BCUT2D eigenvalue weighted by molar-refractivity contribution is 7.50. The monoisotopic (exact) mass is 376 g/mol. The first-order valence-corrected chi connectivity index (χ1v) is 10.5. The van der Waals surface area contributed by atoms with Crippen LogP contribution in [0.2, 0.25) is 0 Å². The van der Waals surface area contributed by atoms with Crippen molar-refractivity contribution in [2.45, 2.75) is 12.7 Å². The Balaban J connectivity index is 1.51. The molecule has 2 aromatic carbocycles. The average molecular weight is 376 g/mol. The summed E-state index contributed by atoms with van der Waals surface area (Å²) < 4.78 is 16.3. The highest BCUT2D eigenvalue weighted by Crippen LogP contribution is 2.38. The van der Waals surface area contributed by atoms with Gasteiger partial charge in [0.1, 0.15) is 5.75 Å². The number of methoxy groups -OCH3 is 1. The van der Waals surface area contributed by atoms with Gasteiger partial charge in [0.25, 0.3) is 0 Å². The Morgan fingerprint density at radius 3 is 2.04 bits per heavy atom. The summed E-state index contributed by atoms with van der Waals surface area (Å²) in [4.78, 5) is 22.9. The molecule has 0 bridgehead atoms. The molecule has 1 heterocycles. The average Bonchev–Trinajstić information content (AvgIpc) is 2.63. The standard InChI is InChI=1S/C19H25N2O4P/c1-25-19-8-6-18(7-9-19)21-12-10-20(11-13-21)14-16-2-4-17(5-3-16)15-26(22,23)24/h2-9H,10-15H2,1H3,(H2,22,23,24). The highest BCUT2D eigenvalue weighted by atomic mass is 31.2. The Labute approximate surface area is 154 Å². The first-order chi connectivity index (χ1) is 12.4. The minimum absolute atomic E-state index is 0.201. The molecule has 1 saturated heterocycles. The van der Waals surface area contributed by atoms with E-state index in [1.807, 2.05) is 36.4 Å². The van der Waals surface area contributed by atoms with Crippen molar-refractivity contribution >= 4 is 13.3 Å². The zero-order chi connectivity index (χ0) is 18.6. The van der Waals surface area contributed by atoms with E-state index in [1.165, 1.54) is 5.69 Å². The van der Waals surface area contributed by atoms with Gasteiger partial charge >= 0.3 is 7.60 Å². The van der Waals surface area contributed by atoms with Crippen LogP contribution in [0.1, 0.15) is 11.1 Å². The Bertz CT molecular complexity index is 750. The number of ether oxygens (including phenoxy) is 1. The fraction of sp³-hybridized carbons (Fsp3) is 0.368. The molecule has 2 N–H and O–H groups in total. The SMILES string of the molecule is COc1ccc(N2CCN(Cc3ccc(CP(=O)(O)O)cc3)CC2)cc1. The third-order valence-corrected chi connectivity index (χ3v) is 5.40. The lowest BCUT2D eigenvalue weighted by atomic mass is 10.1. The zero-order valence-corrected chi connectivity index (χ0v) is 15.8. The molecule has 0 radical (unpaired) electrons. The molecule has 0 unspecified atom stereocenters. The van der Waals surface area contributed by atoms with Crippen molar-refractivity contribution in [3.8, 4) is 5.75 Å². The van der Waals surface area contributed by atoms with E-state index in [0.29, 0.717) is 5.56 Å². The van der Waals surface area contributed by atoms with Gasteiger partial charge in [-0.2, -0.15) is 0 Å². The van der Waals surface area contributed by atoms with Gasteiger partial charge in [0.15, 0.2) is 0 Å². The van der Waals surface area contributed by atoms with Crippen molar-refractivity contribution in [3.05, 3.63) is 59.7 Å². The topological polar surface area (TPSA) is 73.2 Å². The number of rotatable bonds is 6. The highest BCUT2D eigenvalue weighted by Gasteiger charge is 2.18. The summed E-state index contributed by atoms with van der Waals surface area (Å²) in [5, 5.41) is 0. The van der Waals surface area contributed by atoms with Crippen LogP contribution >= 0.6 is 7.60 Å². The predicted octanol–water partition coefficient (Wildman–Crippen LogP) is 2.70. The van der Waals surface area contributed by atoms with Crippen molar-refractivity contribution in [1.82, 2.24) is 4.90 Å². The van der Waals surface area contributed by atoms with Gasteiger partial charge in [-0.1, -0.05) is 24.3 Å². The van der Waals surface area contributed by atoms with E-state index in [2.05, 4.69) is 21.9 Å². The van der Waals surface area contributed by atoms with Gasteiger partial charge in [-0.3, -0.25) is 9.46 Å². The van der Waals surface area contributed by atoms with Crippen LogP contribution in [0.25, 0.3) is 0 Å². The van der Waals surface area contributed by atoms with Crippen molar-refractivity contribution < 1.29 is 19.1 Å². The van der Waals surface area contributed by atoms with Gasteiger partial charge in [0.05, 0.1) is 13.3 Å². The summed E-state index contributed by atoms with van der Waals surface area (Å²) in [6.45, 7) is 4.77. The largest absolute Gasteiger partial charge is 0.497 e. The van der Waals surface area contributed by atoms with Crippen LogP contribution in [0.3, 0.4) is 0 Å². The second-order valence-electron chi connectivity index (χ2n) is 6.60. The third kappa shape index (κ3) is 5.32. The summed E-state index contributed by atoms with van der Waals surface area (Å²) in [6, 6.07) is 15.7. The normalized spacial score (nSPS) is 15.9. The molecular formula is C19H25N2O4P. The number of hydrogen-bond acceptors (Lipinski definition) is 4. The quantitative estimate of drug-likeness (QED) is 0.756. The Kier molecular flexibility index (Phi) is 5.99. The van der Waals surface area contributed by atoms with Gasteiger partial charge in [-0.05, 0) is 35.4 Å². The molecule has 140 valence electrons. The maximum absolute atomic E-state index is 11.1. The molecule has 0 aromatic heterocycles. The maximum Gasteiger partial charge on any atom is 0.329 e. The fourth-order valence-electron chi connectivity index (χ4n) is 3.20. The van der Waals surface area contributed by atoms with Crippen LogP contribution in [0.5, 0.6) is 5.75 Å². The zero-order valence-electron chi connectivity index (χ0n) is 14.9. The lowest BCUT2D eigenvalue weighted by Gasteiger charge is -2.36. The Morgan fingerprint density at radius 1 is 0.923 bits per heavy atom. The van der Waals surface area contributed by atoms with Gasteiger partial charge in [0, 0.05) is 38.4 Å². The van der Waals surface area contributed by atoms with Crippen LogP contribution in [-0.2, 0) is 17.3 Å². The predicted molar refractivity (Wildman–Crippen MR) is 103 cm³/mol. The first kappa shape index (κ1) is 18.9. The van der Waals surface area contributed by atoms with Crippen molar-refractivity contribution in [2.75, 3.05) is 38.2 Å². The molecule has 6 nitrogen and oxygen atoms in total. The summed E-state index contributed by atoms with van der Waals surface area (Å²) in [6.07, 6.45) is -0.201. The lowest BCUT2D eigenvalue weighted by molar-refractivity contribution is 0.250. The van der Waals surface area contributed by atoms with Crippen LogP contribution in [0, 0.1) is 0 Å². The number of nitrogens with zero attached hydrogens (tertiary/aromatic N) is 2. The summed E-state index contributed by atoms with van der Waals surface area (Å²) in [5.74, 6) is 0.870. The van der Waals surface area contributed by atoms with Crippen molar-refractivity contribution in [1.29, 1.82) is 0 Å². The van der Waals surface area contributed by atoms with Crippen molar-refractivity contribution in [3.63, 3.8) is 0 Å². The lowest BCUT2D eigenvalue weighted by Crippen LogP contribution is -2.45. The molecule has 0 aliphatic carbocycles. The molecule has 7 heteroatoms. The van der Waals surface area contributed by atoms with E-state index in [1.54, 1.807) is 7.11 Å².